The van der Waals surface area contributed by atoms with Crippen molar-refractivity contribution >= 4 is 120 Å². The number of carbonyl (C=O) groups is 8. The number of ether oxygens (including phenoxy) is 8. The molecule has 768 valence electrons. The van der Waals surface area contributed by atoms with Gasteiger partial charge < -0.3 is 69.4 Å². The summed E-state index contributed by atoms with van der Waals surface area (Å²) in [6.45, 7) is 21.0. The second-order valence-electron chi connectivity index (χ2n) is 36.9. The van der Waals surface area contributed by atoms with E-state index in [1.165, 1.54) is 42.8 Å². The van der Waals surface area contributed by atoms with E-state index in [4.69, 9.17) is 37.9 Å². The number of carbonyl (C=O) groups excluding carboxylic acids is 8. The third-order valence-electron chi connectivity index (χ3n) is 24.5. The van der Waals surface area contributed by atoms with Crippen LogP contribution in [0.15, 0.2) is 193 Å². The van der Waals surface area contributed by atoms with Crippen LogP contribution < -0.4 is 31.5 Å². The molecule has 0 radical (unpaired) electrons. The van der Waals surface area contributed by atoms with Crippen molar-refractivity contribution in [1.82, 2.24) is 0 Å². The summed E-state index contributed by atoms with van der Waals surface area (Å²) in [7, 11) is 0. The van der Waals surface area contributed by atoms with Gasteiger partial charge in [0.2, 0.25) is 0 Å². The fourth-order valence-corrected chi connectivity index (χ4v) is 19.0. The zero-order valence-electron chi connectivity index (χ0n) is 80.3. The highest BCUT2D eigenvalue weighted by molar-refractivity contribution is 7.95. The third kappa shape index (κ3) is 40.4. The van der Waals surface area contributed by atoms with Gasteiger partial charge in [0.1, 0.15) is 44.8 Å². The molecule has 7 aromatic carbocycles. The van der Waals surface area contributed by atoms with E-state index in [2.05, 4.69) is 56.2 Å². The molecule has 0 amide bonds. The molecule has 0 N–H and O–H groups in total. The SMILES string of the molecule is CC(C)(C)OC(=O)c1ccc(SOO[O-])cc1.CC(C)(OC(=O)c1ccc(SOO[O-])cc1)c1ccccc1.CC1(OC(=O)c2cc(SOO[O-])cc(C(=O)OC3(C)CCCCC3)c2)CCCCC1.CC1(OC(=O)c2ccc(SOO[O-])cc2)CCCC1.CC1(OC(=O)c2ccc(SOO[O-])cc2)CCCCC1.CCC1(OC(=O)c2cc(SOO[O-])cc(C(=O)OC3(CC)CCCCC3)c2)CCCCC1. The van der Waals surface area contributed by atoms with Crippen LogP contribution >= 0.6 is 72.3 Å². The molecule has 0 aliphatic heterocycles. The van der Waals surface area contributed by atoms with Gasteiger partial charge in [-0.3, -0.25) is 30.2 Å². The Morgan fingerprint density at radius 3 is 0.714 bits per heavy atom. The molecule has 0 heterocycles. The Morgan fingerprint density at radius 2 is 0.471 bits per heavy atom. The van der Waals surface area contributed by atoms with Crippen molar-refractivity contribution < 1.29 is 164 Å². The maximum absolute atomic E-state index is 13.1. The van der Waals surface area contributed by atoms with Crippen LogP contribution in [0.4, 0.5) is 0 Å². The normalized spacial score (nSPS) is 16.9. The summed E-state index contributed by atoms with van der Waals surface area (Å²) in [6.07, 6.45) is 30.2. The fourth-order valence-electron chi connectivity index (χ4n) is 16.7. The molecular formula is C100H122O34S6-6. The van der Waals surface area contributed by atoms with Gasteiger partial charge in [-0.25, -0.2) is 38.4 Å². The number of benzene rings is 7. The Morgan fingerprint density at radius 1 is 0.257 bits per heavy atom. The second kappa shape index (κ2) is 59.2. The minimum absolute atomic E-state index is 0.210. The van der Waals surface area contributed by atoms with E-state index in [0.29, 0.717) is 75.7 Å². The van der Waals surface area contributed by atoms with Gasteiger partial charge in [0.25, 0.3) is 0 Å². The molecule has 13 rings (SSSR count). The van der Waals surface area contributed by atoms with Crippen molar-refractivity contribution in [2.45, 2.75) is 349 Å². The lowest BCUT2D eigenvalue weighted by Gasteiger charge is -2.36. The lowest BCUT2D eigenvalue weighted by molar-refractivity contribution is -0.777. The first-order chi connectivity index (χ1) is 67.0. The summed E-state index contributed by atoms with van der Waals surface area (Å²) >= 11 is 4.36. The largest absolute Gasteiger partial charge is 0.691 e. The topological polar surface area (TPSA) is 460 Å². The van der Waals surface area contributed by atoms with Gasteiger partial charge in [-0.2, -0.15) is 26.0 Å². The van der Waals surface area contributed by atoms with Crippen LogP contribution in [0.25, 0.3) is 0 Å². The maximum Gasteiger partial charge on any atom is 0.338 e. The molecule has 6 aliphatic carbocycles. The van der Waals surface area contributed by atoms with Crippen molar-refractivity contribution in [2.24, 2.45) is 0 Å². The van der Waals surface area contributed by atoms with Crippen molar-refractivity contribution in [2.75, 3.05) is 0 Å². The van der Waals surface area contributed by atoms with Crippen molar-refractivity contribution in [1.29, 1.82) is 0 Å². The zero-order chi connectivity index (χ0) is 102. The molecule has 0 unspecified atom stereocenters. The highest BCUT2D eigenvalue weighted by Crippen LogP contribution is 2.42. The Hall–Kier alpha value is -8.32. The standard InChI is InChI=1S/C24H34O7S.C22H30O7S.C16H16O5S.C14H18O5S.C13H16O5S.C11H14O5S/c1-3-23(11-7-5-8-12-23)28-21(25)18-15-19(17-20(16-18)32-31-30-27)22(26)29-24(4-2)13-9-6-10-14-24;1-21(9-5-3-6-10-21)26-19(23)16-13-17(15-18(14-16)30-29-28-25)20(24)27-22(2)11-7-4-8-12-22;1-16(2,13-6-4-3-5-7-13)19-15(17)12-8-10-14(11-9-12)22-21-20-18;1-14(9-3-2-4-10-14)17-13(15)11-5-7-12(8-6-11)20-19-18-16;1-13(8-2-3-9-13)16-12(14)10-4-6-11(7-5-10)19-18-17-15;1-11(2,3)14-10(12)8-4-6-9(7-5-8)17-16-15-13/h15-17,27H,3-14H2,1-2H3;13-15,25H,3-12H2,1-2H3;3-11,18H,1-2H3;5-8,16H,2-4,9-10H2,1H3;4-7,15H,2-3,8-9H2,1H3;4-7,13H,1-3H3/p-6. The summed E-state index contributed by atoms with van der Waals surface area (Å²) in [5.74, 6) is -3.45. The van der Waals surface area contributed by atoms with Gasteiger partial charge in [-0.05, 0) is 368 Å². The van der Waals surface area contributed by atoms with Crippen LogP contribution in [0.2, 0.25) is 0 Å². The average molecular weight is 2060 g/mol. The van der Waals surface area contributed by atoms with E-state index < -0.39 is 69.4 Å². The number of hydrogen-bond acceptors (Lipinski definition) is 40. The summed E-state index contributed by atoms with van der Waals surface area (Å²) in [6, 6.07) is 44.7. The number of hydrogen-bond donors (Lipinski definition) is 0. The second-order valence-corrected chi connectivity index (χ2v) is 41.5. The summed E-state index contributed by atoms with van der Waals surface area (Å²) in [5, 5.41) is 79.1. The molecule has 40 heteroatoms. The zero-order valence-corrected chi connectivity index (χ0v) is 85.2. The van der Waals surface area contributed by atoms with E-state index >= 15 is 0 Å². The molecule has 0 saturated heterocycles. The minimum atomic E-state index is -0.731. The van der Waals surface area contributed by atoms with Crippen LogP contribution in [-0.4, -0.2) is 87.0 Å². The van der Waals surface area contributed by atoms with Crippen LogP contribution in [0, 0.1) is 0 Å². The van der Waals surface area contributed by atoms with E-state index in [1.54, 1.807) is 118 Å². The molecule has 6 aliphatic rings. The molecular weight excluding hydrogens is 1940 g/mol. The predicted octanol–water partition coefficient (Wildman–Crippen LogP) is 20.2. The summed E-state index contributed by atoms with van der Waals surface area (Å²) < 4.78 is 71.0. The molecule has 6 saturated carbocycles. The number of rotatable bonds is 36. The quantitative estimate of drug-likeness (QED) is 0.0116. The van der Waals surface area contributed by atoms with E-state index in [1.807, 2.05) is 85.7 Å². The molecule has 34 nitrogen and oxygen atoms in total. The fraction of sp³-hybridized carbons (Fsp3) is 0.500. The Kier molecular flexibility index (Phi) is 49.4. The van der Waals surface area contributed by atoms with Gasteiger partial charge >= 0.3 is 47.8 Å². The van der Waals surface area contributed by atoms with Crippen LogP contribution in [-0.2, 0) is 99.7 Å². The van der Waals surface area contributed by atoms with Gasteiger partial charge in [-0.1, -0.05) is 76.3 Å². The van der Waals surface area contributed by atoms with Crippen molar-refractivity contribution in [3.63, 3.8) is 0 Å². The highest BCUT2D eigenvalue weighted by atomic mass is 32.2. The van der Waals surface area contributed by atoms with E-state index in [0.717, 1.165) is 246 Å². The molecule has 0 atom stereocenters. The molecule has 0 aromatic heterocycles. The summed E-state index contributed by atoms with van der Waals surface area (Å²) in [4.78, 5) is 103. The molecule has 140 heavy (non-hydrogen) atoms. The van der Waals surface area contributed by atoms with E-state index in [9.17, 15) is 69.9 Å². The first-order valence-electron chi connectivity index (χ1n) is 46.4. The highest BCUT2D eigenvalue weighted by Gasteiger charge is 2.40. The Bertz CT molecular complexity index is 4840. The Labute approximate surface area is 841 Å². The Balaban J connectivity index is 0.000000209. The van der Waals surface area contributed by atoms with Crippen LogP contribution in [0.3, 0.4) is 0 Å². The molecule has 7 aromatic rings. The maximum atomic E-state index is 13.1. The molecule has 0 spiro atoms. The van der Waals surface area contributed by atoms with E-state index in [-0.39, 0.29) is 45.4 Å². The van der Waals surface area contributed by atoms with Crippen molar-refractivity contribution in [3.05, 3.63) is 214 Å². The lowest BCUT2D eigenvalue weighted by Crippen LogP contribution is -2.37. The smallest absolute Gasteiger partial charge is 0.338 e. The van der Waals surface area contributed by atoms with Gasteiger partial charge in [0.05, 0.1) is 117 Å². The average Bonchev–Trinajstić information content (AvgIpc) is 0.878. The first kappa shape index (κ1) is 117. The number of esters is 8. The molecule has 0 bridgehead atoms. The minimum Gasteiger partial charge on any atom is -0.691 e. The van der Waals surface area contributed by atoms with Crippen LogP contribution in [0.5, 0.6) is 0 Å². The van der Waals surface area contributed by atoms with Gasteiger partial charge in [-0.15, -0.1) is 0 Å². The van der Waals surface area contributed by atoms with Crippen LogP contribution in [0.1, 0.15) is 364 Å². The lowest BCUT2D eigenvalue weighted by atomic mass is 9.82. The summed E-state index contributed by atoms with van der Waals surface area (Å²) in [5.41, 5.74) is -0.277. The van der Waals surface area contributed by atoms with Gasteiger partial charge in [0, 0.05) is 29.4 Å². The predicted molar refractivity (Wildman–Crippen MR) is 503 cm³/mol. The monoisotopic (exact) mass is 2060 g/mol. The van der Waals surface area contributed by atoms with Crippen molar-refractivity contribution in [3.8, 4) is 0 Å². The van der Waals surface area contributed by atoms with Gasteiger partial charge in [0.15, 0.2) is 0 Å². The third-order valence-corrected chi connectivity index (χ3v) is 27.9. The first-order valence-corrected chi connectivity index (χ1v) is 50.8. The molecule has 6 fully saturated rings.